The molecule has 0 spiro atoms. The number of rotatable bonds is 8. The molecule has 0 saturated carbocycles. The van der Waals surface area contributed by atoms with Gasteiger partial charge < -0.3 is 20.1 Å². The van der Waals surface area contributed by atoms with E-state index in [4.69, 9.17) is 9.47 Å². The van der Waals surface area contributed by atoms with Gasteiger partial charge >= 0.3 is 11.8 Å². The van der Waals surface area contributed by atoms with Crippen LogP contribution < -0.4 is 15.4 Å². The Morgan fingerprint density at radius 2 is 2.00 bits per heavy atom. The molecule has 0 fully saturated rings. The van der Waals surface area contributed by atoms with Crippen LogP contribution in [0.5, 0.6) is 5.75 Å². The summed E-state index contributed by atoms with van der Waals surface area (Å²) >= 11 is 1.73. The molecular formula is C19H24N4O4S. The van der Waals surface area contributed by atoms with E-state index in [1.165, 1.54) is 0 Å². The van der Waals surface area contributed by atoms with E-state index >= 15 is 0 Å². The van der Waals surface area contributed by atoms with Crippen molar-refractivity contribution in [1.82, 2.24) is 15.1 Å². The van der Waals surface area contributed by atoms with Gasteiger partial charge in [-0.25, -0.2) is 4.68 Å². The van der Waals surface area contributed by atoms with E-state index in [1.807, 2.05) is 31.2 Å². The van der Waals surface area contributed by atoms with E-state index < -0.39 is 11.8 Å². The quantitative estimate of drug-likeness (QED) is 0.517. The standard InChI is InChI=1S/C19H24N4O4S/c1-3-27-10-4-9-20-18(24)19(25)21-17-15-11-28-12-16(15)22-23(17)13-5-7-14(26-2)8-6-13/h5-8H,3-4,9-12H2,1-2H3,(H,20,24)(H,21,25). The van der Waals surface area contributed by atoms with Gasteiger partial charge in [-0.15, -0.1) is 0 Å². The third-order valence-corrected chi connectivity index (χ3v) is 5.23. The topological polar surface area (TPSA) is 94.5 Å². The zero-order valence-corrected chi connectivity index (χ0v) is 16.8. The lowest BCUT2D eigenvalue weighted by Crippen LogP contribution is -2.36. The highest BCUT2D eigenvalue weighted by atomic mass is 32.2. The first kappa shape index (κ1) is 20.2. The minimum Gasteiger partial charge on any atom is -0.497 e. The Kier molecular flexibility index (Phi) is 6.94. The second kappa shape index (κ2) is 9.61. The predicted molar refractivity (Wildman–Crippen MR) is 108 cm³/mol. The monoisotopic (exact) mass is 404 g/mol. The number of carbonyl (C=O) groups is 2. The summed E-state index contributed by atoms with van der Waals surface area (Å²) < 4.78 is 12.1. The van der Waals surface area contributed by atoms with E-state index in [1.54, 1.807) is 23.6 Å². The van der Waals surface area contributed by atoms with Crippen LogP contribution in [0.1, 0.15) is 24.6 Å². The highest BCUT2D eigenvalue weighted by molar-refractivity contribution is 7.98. The first-order valence-corrected chi connectivity index (χ1v) is 10.3. The van der Waals surface area contributed by atoms with Crippen molar-refractivity contribution in [2.75, 3.05) is 32.2 Å². The molecule has 1 aliphatic heterocycles. The molecule has 3 rings (SSSR count). The Bertz CT molecular complexity index is 835. The van der Waals surface area contributed by atoms with Gasteiger partial charge in [0.15, 0.2) is 0 Å². The third-order valence-electron chi connectivity index (χ3n) is 4.26. The summed E-state index contributed by atoms with van der Waals surface area (Å²) in [6.07, 6.45) is 0.655. The maximum absolute atomic E-state index is 12.4. The third kappa shape index (κ3) is 4.66. The van der Waals surface area contributed by atoms with Crippen molar-refractivity contribution in [3.8, 4) is 11.4 Å². The van der Waals surface area contributed by atoms with Gasteiger partial charge in [-0.05, 0) is 37.6 Å². The Morgan fingerprint density at radius 1 is 1.21 bits per heavy atom. The van der Waals surface area contributed by atoms with Gasteiger partial charge in [0.05, 0.1) is 18.5 Å². The number of hydrogen-bond donors (Lipinski definition) is 2. The van der Waals surface area contributed by atoms with Crippen molar-refractivity contribution in [3.63, 3.8) is 0 Å². The van der Waals surface area contributed by atoms with Gasteiger partial charge in [-0.2, -0.15) is 16.9 Å². The van der Waals surface area contributed by atoms with Crippen LogP contribution in [0, 0.1) is 0 Å². The number of fused-ring (bicyclic) bond motifs is 1. The number of aromatic nitrogens is 2. The van der Waals surface area contributed by atoms with Crippen molar-refractivity contribution >= 4 is 29.4 Å². The number of thioether (sulfide) groups is 1. The van der Waals surface area contributed by atoms with E-state index in [9.17, 15) is 9.59 Å². The molecule has 0 bridgehead atoms. The molecule has 2 aromatic rings. The van der Waals surface area contributed by atoms with Crippen LogP contribution in [0.2, 0.25) is 0 Å². The van der Waals surface area contributed by atoms with Crippen LogP contribution >= 0.6 is 11.8 Å². The number of anilines is 1. The summed E-state index contributed by atoms with van der Waals surface area (Å²) in [6.45, 7) is 3.48. The van der Waals surface area contributed by atoms with Crippen molar-refractivity contribution < 1.29 is 19.1 Å². The van der Waals surface area contributed by atoms with Gasteiger partial charge in [-0.1, -0.05) is 0 Å². The zero-order chi connectivity index (χ0) is 19.9. The van der Waals surface area contributed by atoms with Gasteiger partial charge in [0.1, 0.15) is 11.6 Å². The molecule has 2 heterocycles. The van der Waals surface area contributed by atoms with E-state index in [2.05, 4.69) is 15.7 Å². The largest absolute Gasteiger partial charge is 0.497 e. The molecule has 0 aliphatic carbocycles. The highest BCUT2D eigenvalue weighted by Crippen LogP contribution is 2.36. The molecule has 0 radical (unpaired) electrons. The van der Waals surface area contributed by atoms with E-state index in [-0.39, 0.29) is 0 Å². The number of methoxy groups -OCH3 is 1. The molecule has 2 amide bonds. The molecule has 28 heavy (non-hydrogen) atoms. The minimum atomic E-state index is -0.703. The molecule has 1 aliphatic rings. The summed E-state index contributed by atoms with van der Waals surface area (Å²) in [4.78, 5) is 24.5. The highest BCUT2D eigenvalue weighted by Gasteiger charge is 2.26. The molecule has 9 heteroatoms. The lowest BCUT2D eigenvalue weighted by molar-refractivity contribution is -0.136. The number of amides is 2. The summed E-state index contributed by atoms with van der Waals surface area (Å²) in [5, 5.41) is 9.97. The molecular weight excluding hydrogens is 380 g/mol. The molecule has 0 saturated heterocycles. The first-order valence-electron chi connectivity index (χ1n) is 9.14. The molecule has 1 aromatic heterocycles. The molecule has 0 unspecified atom stereocenters. The Morgan fingerprint density at radius 3 is 2.71 bits per heavy atom. The fourth-order valence-electron chi connectivity index (χ4n) is 2.82. The minimum absolute atomic E-state index is 0.387. The second-order valence-corrected chi connectivity index (χ2v) is 7.12. The molecule has 8 nitrogen and oxygen atoms in total. The summed E-state index contributed by atoms with van der Waals surface area (Å²) in [7, 11) is 1.60. The molecule has 0 atom stereocenters. The number of hydrogen-bond acceptors (Lipinski definition) is 6. The van der Waals surface area contributed by atoms with Crippen LogP contribution in [0.25, 0.3) is 5.69 Å². The maximum Gasteiger partial charge on any atom is 0.314 e. The normalized spacial score (nSPS) is 12.5. The summed E-state index contributed by atoms with van der Waals surface area (Å²) in [5.41, 5.74) is 2.67. The average molecular weight is 404 g/mol. The van der Waals surface area contributed by atoms with Crippen molar-refractivity contribution in [2.24, 2.45) is 0 Å². The molecule has 2 N–H and O–H groups in total. The average Bonchev–Trinajstić information content (AvgIpc) is 3.30. The van der Waals surface area contributed by atoms with Crippen molar-refractivity contribution in [2.45, 2.75) is 24.9 Å². The number of nitrogens with one attached hydrogen (secondary N) is 2. The Labute approximate surface area is 168 Å². The van der Waals surface area contributed by atoms with Crippen LogP contribution in [0.15, 0.2) is 24.3 Å². The van der Waals surface area contributed by atoms with Crippen LogP contribution in [0.4, 0.5) is 5.82 Å². The van der Waals surface area contributed by atoms with E-state index in [0.29, 0.717) is 32.0 Å². The second-order valence-electron chi connectivity index (χ2n) is 6.14. The fraction of sp³-hybridized carbons (Fsp3) is 0.421. The van der Waals surface area contributed by atoms with Crippen molar-refractivity contribution in [3.05, 3.63) is 35.5 Å². The molecule has 1 aromatic carbocycles. The van der Waals surface area contributed by atoms with Crippen molar-refractivity contribution in [1.29, 1.82) is 0 Å². The summed E-state index contributed by atoms with van der Waals surface area (Å²) in [6, 6.07) is 7.37. The predicted octanol–water partition coefficient (Wildman–Crippen LogP) is 2.11. The Balaban J connectivity index is 1.72. The Hall–Kier alpha value is -2.52. The number of nitrogens with zero attached hydrogens (tertiary/aromatic N) is 2. The van der Waals surface area contributed by atoms with Crippen LogP contribution in [-0.2, 0) is 25.8 Å². The lowest BCUT2D eigenvalue weighted by atomic mass is 10.2. The van der Waals surface area contributed by atoms with Gasteiger partial charge in [0.2, 0.25) is 0 Å². The lowest BCUT2D eigenvalue weighted by Gasteiger charge is -2.11. The summed E-state index contributed by atoms with van der Waals surface area (Å²) in [5.74, 6) is 1.43. The maximum atomic E-state index is 12.4. The fourth-order valence-corrected chi connectivity index (χ4v) is 3.85. The number of benzene rings is 1. The van der Waals surface area contributed by atoms with Crippen LogP contribution in [-0.4, -0.2) is 48.5 Å². The van der Waals surface area contributed by atoms with Gasteiger partial charge in [0.25, 0.3) is 0 Å². The van der Waals surface area contributed by atoms with Crippen LogP contribution in [0.3, 0.4) is 0 Å². The smallest absolute Gasteiger partial charge is 0.314 e. The first-order chi connectivity index (χ1) is 13.6. The molecule has 150 valence electrons. The van der Waals surface area contributed by atoms with Gasteiger partial charge in [-0.3, -0.25) is 9.59 Å². The zero-order valence-electron chi connectivity index (χ0n) is 16.0. The number of ether oxygens (including phenoxy) is 2. The number of carbonyl (C=O) groups excluding carboxylic acids is 2. The van der Waals surface area contributed by atoms with E-state index in [0.717, 1.165) is 34.2 Å². The SMILES string of the molecule is CCOCCCNC(=O)C(=O)Nc1c2c(nn1-c1ccc(OC)cc1)CSC2. The van der Waals surface area contributed by atoms with Gasteiger partial charge in [0, 0.05) is 36.8 Å².